The predicted molar refractivity (Wildman–Crippen MR) is 37.7 cm³/mol. The van der Waals surface area contributed by atoms with Crippen LogP contribution >= 0.6 is 0 Å². The summed E-state index contributed by atoms with van der Waals surface area (Å²) in [5.74, 6) is -0.595. The summed E-state index contributed by atoms with van der Waals surface area (Å²) >= 11 is 0. The van der Waals surface area contributed by atoms with Crippen molar-refractivity contribution >= 4 is 0 Å². The highest BCUT2D eigenvalue weighted by Crippen LogP contribution is 2.38. The Morgan fingerprint density at radius 1 is 1.46 bits per heavy atom. The largest absolute Gasteiger partial charge is 0.466 e. The van der Waals surface area contributed by atoms with Crippen LogP contribution in [0.15, 0.2) is 22.8 Å². The maximum Gasteiger partial charge on any atom is 0.425 e. The number of alkyl halides is 3. The number of nitrogens with two attached hydrogens (primary N) is 1. The van der Waals surface area contributed by atoms with Gasteiger partial charge in [-0.1, -0.05) is 0 Å². The molecule has 1 heterocycles. The van der Waals surface area contributed by atoms with Crippen LogP contribution in [0, 0.1) is 0 Å². The van der Waals surface area contributed by atoms with Crippen LogP contribution in [-0.2, 0) is 5.60 Å². The fraction of sp³-hybridized carbons (Fsp3) is 0.429. The molecule has 0 saturated heterocycles. The van der Waals surface area contributed by atoms with Gasteiger partial charge in [0.05, 0.1) is 6.26 Å². The summed E-state index contributed by atoms with van der Waals surface area (Å²) in [6.45, 7) is -0.968. The van der Waals surface area contributed by atoms with Gasteiger partial charge in [0.1, 0.15) is 5.76 Å². The van der Waals surface area contributed by atoms with E-state index in [0.717, 1.165) is 12.3 Å². The zero-order valence-electron chi connectivity index (χ0n) is 6.51. The molecule has 0 aromatic carbocycles. The van der Waals surface area contributed by atoms with Crippen molar-refractivity contribution in [3.8, 4) is 0 Å². The van der Waals surface area contributed by atoms with Crippen LogP contribution in [0.25, 0.3) is 0 Å². The van der Waals surface area contributed by atoms with Crippen molar-refractivity contribution in [2.75, 3.05) is 6.54 Å². The first-order valence-electron chi connectivity index (χ1n) is 3.45. The zero-order valence-corrected chi connectivity index (χ0v) is 6.51. The van der Waals surface area contributed by atoms with E-state index in [1.807, 2.05) is 0 Å². The van der Waals surface area contributed by atoms with Gasteiger partial charge in [-0.05, 0) is 12.1 Å². The molecular weight excluding hydrogens is 187 g/mol. The minimum absolute atomic E-state index is 0.595. The Labute approximate surface area is 72.0 Å². The molecule has 0 radical (unpaired) electrons. The van der Waals surface area contributed by atoms with Crippen molar-refractivity contribution in [3.63, 3.8) is 0 Å². The Morgan fingerprint density at radius 3 is 2.38 bits per heavy atom. The highest BCUT2D eigenvalue weighted by molar-refractivity contribution is 5.12. The van der Waals surface area contributed by atoms with E-state index in [0.29, 0.717) is 0 Å². The number of rotatable bonds is 2. The van der Waals surface area contributed by atoms with Gasteiger partial charge in [-0.15, -0.1) is 0 Å². The topological polar surface area (TPSA) is 59.4 Å². The summed E-state index contributed by atoms with van der Waals surface area (Å²) in [6, 6.07) is 2.28. The van der Waals surface area contributed by atoms with Crippen molar-refractivity contribution in [1.29, 1.82) is 0 Å². The molecule has 3 nitrogen and oxygen atoms in total. The summed E-state index contributed by atoms with van der Waals surface area (Å²) in [7, 11) is 0. The average molecular weight is 195 g/mol. The molecule has 0 fully saturated rings. The first kappa shape index (κ1) is 10.1. The van der Waals surface area contributed by atoms with E-state index in [2.05, 4.69) is 4.42 Å². The lowest BCUT2D eigenvalue weighted by atomic mass is 10.0. The number of halogens is 3. The molecule has 1 rings (SSSR count). The van der Waals surface area contributed by atoms with Crippen molar-refractivity contribution in [2.24, 2.45) is 5.73 Å². The van der Waals surface area contributed by atoms with Crippen LogP contribution in [0.5, 0.6) is 0 Å². The van der Waals surface area contributed by atoms with Gasteiger partial charge in [0.25, 0.3) is 0 Å². The third-order valence-corrected chi connectivity index (χ3v) is 1.69. The molecule has 1 aromatic rings. The van der Waals surface area contributed by atoms with Crippen LogP contribution in [0.3, 0.4) is 0 Å². The first-order chi connectivity index (χ1) is 5.92. The monoisotopic (exact) mass is 195 g/mol. The Kier molecular flexibility index (Phi) is 2.36. The minimum atomic E-state index is -4.83. The summed E-state index contributed by atoms with van der Waals surface area (Å²) in [6.07, 6.45) is -3.79. The van der Waals surface area contributed by atoms with Gasteiger partial charge in [-0.25, -0.2) is 0 Å². The maximum absolute atomic E-state index is 12.3. The third-order valence-electron chi connectivity index (χ3n) is 1.69. The normalized spacial score (nSPS) is 17.0. The lowest BCUT2D eigenvalue weighted by molar-refractivity contribution is -0.268. The molecule has 0 aliphatic rings. The number of hydrogen-bond acceptors (Lipinski definition) is 3. The molecule has 0 bridgehead atoms. The molecular formula is C7H8F3NO2. The van der Waals surface area contributed by atoms with Crippen LogP contribution in [0.1, 0.15) is 5.76 Å². The maximum atomic E-state index is 12.3. The van der Waals surface area contributed by atoms with Crippen molar-refractivity contribution < 1.29 is 22.7 Å². The minimum Gasteiger partial charge on any atom is -0.466 e. The summed E-state index contributed by atoms with van der Waals surface area (Å²) in [4.78, 5) is 0. The van der Waals surface area contributed by atoms with Gasteiger partial charge in [0.2, 0.25) is 5.60 Å². The summed E-state index contributed by atoms with van der Waals surface area (Å²) in [5, 5.41) is 9.17. The number of aliphatic hydroxyl groups is 1. The van der Waals surface area contributed by atoms with Gasteiger partial charge in [-0.3, -0.25) is 0 Å². The Balaban J connectivity index is 3.09. The van der Waals surface area contributed by atoms with E-state index >= 15 is 0 Å². The fourth-order valence-electron chi connectivity index (χ4n) is 0.870. The third kappa shape index (κ3) is 1.54. The predicted octanol–water partition coefficient (Wildman–Crippen LogP) is 0.988. The zero-order chi connectivity index (χ0) is 10.1. The van der Waals surface area contributed by atoms with Gasteiger partial charge in [0, 0.05) is 6.54 Å². The SMILES string of the molecule is NC[C@](O)(c1ccco1)C(F)(F)F. The molecule has 0 saturated carbocycles. The summed E-state index contributed by atoms with van der Waals surface area (Å²) in [5.41, 5.74) is 1.77. The molecule has 1 atom stereocenters. The van der Waals surface area contributed by atoms with Crippen LogP contribution in [0.4, 0.5) is 13.2 Å². The molecule has 0 aliphatic carbocycles. The molecule has 0 spiro atoms. The Bertz CT molecular complexity index is 270. The number of furan rings is 1. The highest BCUT2D eigenvalue weighted by atomic mass is 19.4. The second kappa shape index (κ2) is 3.04. The molecule has 1 aromatic heterocycles. The molecule has 0 amide bonds. The van der Waals surface area contributed by atoms with E-state index in [1.54, 1.807) is 0 Å². The van der Waals surface area contributed by atoms with E-state index < -0.39 is 24.1 Å². The smallest absolute Gasteiger partial charge is 0.425 e. The lowest BCUT2D eigenvalue weighted by Gasteiger charge is -2.26. The van der Waals surface area contributed by atoms with Gasteiger partial charge < -0.3 is 15.3 Å². The van der Waals surface area contributed by atoms with Crippen molar-refractivity contribution in [2.45, 2.75) is 11.8 Å². The second-order valence-electron chi connectivity index (χ2n) is 2.54. The summed E-state index contributed by atoms with van der Waals surface area (Å²) < 4.78 is 41.3. The van der Waals surface area contributed by atoms with Gasteiger partial charge >= 0.3 is 6.18 Å². The molecule has 0 unspecified atom stereocenters. The van der Waals surface area contributed by atoms with Gasteiger partial charge in [-0.2, -0.15) is 13.2 Å². The second-order valence-corrected chi connectivity index (χ2v) is 2.54. The Morgan fingerprint density at radius 2 is 2.08 bits per heavy atom. The van der Waals surface area contributed by atoms with E-state index in [-0.39, 0.29) is 0 Å². The van der Waals surface area contributed by atoms with Gasteiger partial charge in [0.15, 0.2) is 0 Å². The Hall–Kier alpha value is -1.01. The van der Waals surface area contributed by atoms with E-state index in [9.17, 15) is 18.3 Å². The molecule has 6 heteroatoms. The highest BCUT2D eigenvalue weighted by Gasteiger charge is 2.56. The first-order valence-corrected chi connectivity index (χ1v) is 3.45. The standard InChI is InChI=1S/C7H8F3NO2/c8-7(9,10)6(12,4-11)5-2-1-3-13-5/h1-3,12H,4,11H2/t6-/m0/s1. The van der Waals surface area contributed by atoms with E-state index in [1.165, 1.54) is 6.07 Å². The lowest BCUT2D eigenvalue weighted by Crippen LogP contribution is -2.48. The van der Waals surface area contributed by atoms with Crippen molar-refractivity contribution in [1.82, 2.24) is 0 Å². The van der Waals surface area contributed by atoms with Crippen molar-refractivity contribution in [3.05, 3.63) is 24.2 Å². The quantitative estimate of drug-likeness (QED) is 0.739. The number of hydrogen-bond donors (Lipinski definition) is 2. The molecule has 3 N–H and O–H groups in total. The molecule has 74 valence electrons. The van der Waals surface area contributed by atoms with Crippen LogP contribution in [-0.4, -0.2) is 17.8 Å². The molecule has 0 aliphatic heterocycles. The fourth-order valence-corrected chi connectivity index (χ4v) is 0.870. The van der Waals surface area contributed by atoms with Crippen LogP contribution < -0.4 is 5.73 Å². The van der Waals surface area contributed by atoms with E-state index in [4.69, 9.17) is 5.73 Å². The van der Waals surface area contributed by atoms with Crippen LogP contribution in [0.2, 0.25) is 0 Å². The average Bonchev–Trinajstić information content (AvgIpc) is 2.52. The molecule has 13 heavy (non-hydrogen) atoms.